The highest BCUT2D eigenvalue weighted by atomic mass is 32.1. The van der Waals surface area contributed by atoms with Crippen molar-refractivity contribution in [3.63, 3.8) is 0 Å². The molecule has 0 saturated heterocycles. The van der Waals surface area contributed by atoms with Crippen LogP contribution in [-0.2, 0) is 11.2 Å². The topological polar surface area (TPSA) is 62.3 Å². The van der Waals surface area contributed by atoms with Crippen molar-refractivity contribution in [2.45, 2.75) is 13.3 Å². The van der Waals surface area contributed by atoms with Crippen LogP contribution in [0.15, 0.2) is 17.5 Å². The molecule has 3 rings (SSSR count). The van der Waals surface area contributed by atoms with Gasteiger partial charge in [-0.3, -0.25) is 9.59 Å². The molecule has 1 aliphatic heterocycles. The van der Waals surface area contributed by atoms with E-state index in [1.807, 2.05) is 0 Å². The Morgan fingerprint density at radius 3 is 2.77 bits per heavy atom. The van der Waals surface area contributed by atoms with Crippen molar-refractivity contribution in [2.24, 2.45) is 0 Å². The van der Waals surface area contributed by atoms with Gasteiger partial charge >= 0.3 is 0 Å². The molecule has 0 atom stereocenters. The minimum atomic E-state index is -0.639. The maximum absolute atomic E-state index is 13.9. The average Bonchev–Trinajstić information content (AvgIpc) is 3.09. The van der Waals surface area contributed by atoms with E-state index < -0.39 is 17.5 Å². The molecule has 114 valence electrons. The molecule has 0 saturated carbocycles. The van der Waals surface area contributed by atoms with Crippen molar-refractivity contribution in [2.75, 3.05) is 16.8 Å². The SMILES string of the molecule is CC(=O)Nc1nc(C(=O)N2CCc3c(F)ccc(F)c32)cs1. The number of hydrogen-bond donors (Lipinski definition) is 1. The maximum atomic E-state index is 13.9. The lowest BCUT2D eigenvalue weighted by molar-refractivity contribution is -0.114. The quantitative estimate of drug-likeness (QED) is 0.924. The lowest BCUT2D eigenvalue weighted by Gasteiger charge is -2.16. The molecule has 1 aromatic carbocycles. The predicted molar refractivity (Wildman–Crippen MR) is 78.2 cm³/mol. The lowest BCUT2D eigenvalue weighted by atomic mass is 10.1. The van der Waals surface area contributed by atoms with E-state index in [1.54, 1.807) is 0 Å². The molecular weight excluding hydrogens is 312 g/mol. The number of hydrogen-bond acceptors (Lipinski definition) is 4. The summed E-state index contributed by atoms with van der Waals surface area (Å²) in [5, 5.41) is 4.24. The molecule has 0 radical (unpaired) electrons. The first kappa shape index (κ1) is 14.6. The van der Waals surface area contributed by atoms with Crippen LogP contribution in [0.25, 0.3) is 0 Å². The van der Waals surface area contributed by atoms with E-state index in [2.05, 4.69) is 10.3 Å². The third-order valence-corrected chi connectivity index (χ3v) is 4.04. The molecule has 2 aromatic rings. The molecule has 0 aliphatic carbocycles. The first-order chi connectivity index (χ1) is 10.5. The Balaban J connectivity index is 1.91. The van der Waals surface area contributed by atoms with Gasteiger partial charge in [0.2, 0.25) is 5.91 Å². The van der Waals surface area contributed by atoms with Crippen molar-refractivity contribution < 1.29 is 18.4 Å². The Hall–Kier alpha value is -2.35. The number of carbonyl (C=O) groups excluding carboxylic acids is 2. The van der Waals surface area contributed by atoms with Crippen LogP contribution in [0.3, 0.4) is 0 Å². The minimum Gasteiger partial charge on any atom is -0.304 e. The zero-order chi connectivity index (χ0) is 15.9. The number of rotatable bonds is 2. The largest absolute Gasteiger partial charge is 0.304 e. The van der Waals surface area contributed by atoms with E-state index in [9.17, 15) is 18.4 Å². The van der Waals surface area contributed by atoms with Crippen LogP contribution in [0.1, 0.15) is 23.0 Å². The van der Waals surface area contributed by atoms with Crippen molar-refractivity contribution >= 4 is 34.0 Å². The van der Waals surface area contributed by atoms with Crippen LogP contribution < -0.4 is 10.2 Å². The Labute approximate surface area is 128 Å². The summed E-state index contributed by atoms with van der Waals surface area (Å²) in [7, 11) is 0. The Morgan fingerprint density at radius 2 is 2.05 bits per heavy atom. The first-order valence-electron chi connectivity index (χ1n) is 6.49. The predicted octanol–water partition coefficient (Wildman–Crippen LogP) is 2.58. The molecule has 1 aromatic heterocycles. The van der Waals surface area contributed by atoms with Crippen LogP contribution >= 0.6 is 11.3 Å². The molecule has 0 unspecified atom stereocenters. The molecule has 2 heterocycles. The Bertz CT molecular complexity index is 775. The second kappa shape index (κ2) is 5.45. The first-order valence-corrected chi connectivity index (χ1v) is 7.37. The fourth-order valence-corrected chi connectivity index (χ4v) is 3.10. The standard InChI is InChI=1S/C14H11F2N3O2S/c1-7(20)17-14-18-11(6-22-14)13(21)19-5-4-8-9(15)2-3-10(16)12(8)19/h2-3,6H,4-5H2,1H3,(H,17,18,20). The minimum absolute atomic E-state index is 0.0286. The van der Waals surface area contributed by atoms with E-state index in [1.165, 1.54) is 17.2 Å². The average molecular weight is 323 g/mol. The van der Waals surface area contributed by atoms with E-state index in [-0.39, 0.29) is 40.9 Å². The van der Waals surface area contributed by atoms with Crippen LogP contribution in [0.2, 0.25) is 0 Å². The molecule has 0 bridgehead atoms. The van der Waals surface area contributed by atoms with Crippen LogP contribution in [-0.4, -0.2) is 23.3 Å². The maximum Gasteiger partial charge on any atom is 0.277 e. The molecule has 22 heavy (non-hydrogen) atoms. The second-order valence-corrected chi connectivity index (χ2v) is 5.64. The third-order valence-electron chi connectivity index (χ3n) is 3.28. The zero-order valence-electron chi connectivity index (χ0n) is 11.5. The molecule has 0 spiro atoms. The van der Waals surface area contributed by atoms with Gasteiger partial charge < -0.3 is 10.2 Å². The summed E-state index contributed by atoms with van der Waals surface area (Å²) >= 11 is 1.10. The summed E-state index contributed by atoms with van der Waals surface area (Å²) < 4.78 is 27.6. The van der Waals surface area contributed by atoms with Crippen molar-refractivity contribution in [1.29, 1.82) is 0 Å². The summed E-state index contributed by atoms with van der Waals surface area (Å²) in [5.74, 6) is -1.98. The highest BCUT2D eigenvalue weighted by Gasteiger charge is 2.31. The van der Waals surface area contributed by atoms with Crippen LogP contribution in [0.5, 0.6) is 0 Å². The monoisotopic (exact) mass is 323 g/mol. The highest BCUT2D eigenvalue weighted by Crippen LogP contribution is 2.34. The molecule has 1 N–H and O–H groups in total. The zero-order valence-corrected chi connectivity index (χ0v) is 12.3. The number of fused-ring (bicyclic) bond motifs is 1. The van der Waals surface area contributed by atoms with E-state index in [4.69, 9.17) is 0 Å². The molecule has 5 nitrogen and oxygen atoms in total. The summed E-state index contributed by atoms with van der Waals surface area (Å²) in [6, 6.07) is 2.06. The van der Waals surface area contributed by atoms with Gasteiger partial charge in [0.25, 0.3) is 5.91 Å². The number of halogens is 2. The number of benzene rings is 1. The number of thiazole rings is 1. The smallest absolute Gasteiger partial charge is 0.277 e. The fourth-order valence-electron chi connectivity index (χ4n) is 2.37. The van der Waals surface area contributed by atoms with Crippen molar-refractivity contribution in [3.05, 3.63) is 40.4 Å². The van der Waals surface area contributed by atoms with Gasteiger partial charge in [-0.05, 0) is 18.6 Å². The van der Waals surface area contributed by atoms with Gasteiger partial charge in [0, 0.05) is 24.4 Å². The van der Waals surface area contributed by atoms with Crippen LogP contribution in [0.4, 0.5) is 19.6 Å². The third kappa shape index (κ3) is 2.45. The number of nitrogens with zero attached hydrogens (tertiary/aromatic N) is 2. The normalized spacial score (nSPS) is 13.1. The van der Waals surface area contributed by atoms with Gasteiger partial charge in [0.1, 0.15) is 17.3 Å². The number of nitrogens with one attached hydrogen (secondary N) is 1. The van der Waals surface area contributed by atoms with Crippen molar-refractivity contribution in [1.82, 2.24) is 4.98 Å². The summed E-state index contributed by atoms with van der Waals surface area (Å²) in [6.45, 7) is 1.52. The Kier molecular flexibility index (Phi) is 3.61. The number of carbonyl (C=O) groups is 2. The second-order valence-electron chi connectivity index (χ2n) is 4.78. The van der Waals surface area contributed by atoms with Gasteiger partial charge in [-0.2, -0.15) is 0 Å². The van der Waals surface area contributed by atoms with Gasteiger partial charge in [0.15, 0.2) is 5.13 Å². The molecule has 1 aliphatic rings. The summed E-state index contributed by atoms with van der Waals surface area (Å²) in [5.41, 5.74) is 0.259. The number of anilines is 2. The number of amides is 2. The fraction of sp³-hybridized carbons (Fsp3) is 0.214. The molecular formula is C14H11F2N3O2S. The molecule has 8 heteroatoms. The van der Waals surface area contributed by atoms with Gasteiger partial charge in [-0.1, -0.05) is 0 Å². The van der Waals surface area contributed by atoms with E-state index in [0.29, 0.717) is 0 Å². The summed E-state index contributed by atoms with van der Waals surface area (Å²) in [4.78, 5) is 28.6. The highest BCUT2D eigenvalue weighted by molar-refractivity contribution is 7.14. The van der Waals surface area contributed by atoms with Crippen molar-refractivity contribution in [3.8, 4) is 0 Å². The van der Waals surface area contributed by atoms with Gasteiger partial charge in [-0.25, -0.2) is 13.8 Å². The Morgan fingerprint density at radius 1 is 1.32 bits per heavy atom. The lowest BCUT2D eigenvalue weighted by Crippen LogP contribution is -2.29. The molecule has 0 fully saturated rings. The number of aromatic nitrogens is 1. The van der Waals surface area contributed by atoms with E-state index in [0.717, 1.165) is 23.5 Å². The van der Waals surface area contributed by atoms with E-state index >= 15 is 0 Å². The van der Waals surface area contributed by atoms with Crippen LogP contribution in [0, 0.1) is 11.6 Å². The molecule has 2 amide bonds. The van der Waals surface area contributed by atoms with Gasteiger partial charge in [0.05, 0.1) is 5.69 Å². The van der Waals surface area contributed by atoms with Gasteiger partial charge in [-0.15, -0.1) is 11.3 Å². The summed E-state index contributed by atoms with van der Waals surface area (Å²) in [6.07, 6.45) is 0.257.